The van der Waals surface area contributed by atoms with Gasteiger partial charge in [0.1, 0.15) is 0 Å². The molecule has 5 atom stereocenters. The van der Waals surface area contributed by atoms with Crippen LogP contribution in [0.25, 0.3) is 0 Å². The van der Waals surface area contributed by atoms with Gasteiger partial charge in [-0.05, 0) is 42.9 Å². The maximum absolute atomic E-state index is 11.9. The lowest BCUT2D eigenvalue weighted by Crippen LogP contribution is -2.44. The Labute approximate surface area is 91.8 Å². The van der Waals surface area contributed by atoms with Crippen LogP contribution in [0.15, 0.2) is 0 Å². The summed E-state index contributed by atoms with van der Waals surface area (Å²) in [7, 11) is 0. The molecule has 1 amide bonds. The highest BCUT2D eigenvalue weighted by atomic mass is 16.2. The number of amides is 1. The second kappa shape index (κ2) is 2.78. The van der Waals surface area contributed by atoms with Crippen molar-refractivity contribution < 1.29 is 4.79 Å². The molecule has 2 heteroatoms. The van der Waals surface area contributed by atoms with Crippen LogP contribution < -0.4 is 5.32 Å². The van der Waals surface area contributed by atoms with Gasteiger partial charge in [0.2, 0.25) is 5.91 Å². The van der Waals surface area contributed by atoms with Crippen LogP contribution in [-0.4, -0.2) is 11.9 Å². The maximum atomic E-state index is 11.9. The third kappa shape index (κ3) is 1.41. The fourth-order valence-corrected chi connectivity index (χ4v) is 3.75. The lowest BCUT2D eigenvalue weighted by atomic mass is 9.91. The number of hydrogen-bond acceptors (Lipinski definition) is 1. The Morgan fingerprint density at radius 2 is 1.80 bits per heavy atom. The summed E-state index contributed by atoms with van der Waals surface area (Å²) in [6.45, 7) is 5.99. The van der Waals surface area contributed by atoms with E-state index >= 15 is 0 Å². The SMILES string of the molecule is CC(C)(C)C(=O)N[C@@H]1C[C@H]2C[C@H]1[C@@H]1C[C@@H]21. The average molecular weight is 207 g/mol. The highest BCUT2D eigenvalue weighted by Gasteiger charge is 2.61. The Morgan fingerprint density at radius 3 is 2.33 bits per heavy atom. The van der Waals surface area contributed by atoms with Crippen molar-refractivity contribution in [1.29, 1.82) is 0 Å². The maximum Gasteiger partial charge on any atom is 0.225 e. The van der Waals surface area contributed by atoms with Gasteiger partial charge >= 0.3 is 0 Å². The van der Waals surface area contributed by atoms with E-state index in [1.165, 1.54) is 19.3 Å². The predicted octanol–water partition coefficient (Wildman–Crippen LogP) is 2.19. The Kier molecular flexibility index (Phi) is 1.79. The van der Waals surface area contributed by atoms with Crippen LogP contribution in [0.3, 0.4) is 0 Å². The number of hydrogen-bond donors (Lipinski definition) is 1. The zero-order chi connectivity index (χ0) is 10.8. The number of rotatable bonds is 1. The van der Waals surface area contributed by atoms with E-state index in [4.69, 9.17) is 0 Å². The van der Waals surface area contributed by atoms with Crippen LogP contribution in [0.1, 0.15) is 40.0 Å². The molecule has 3 saturated carbocycles. The molecular weight excluding hydrogens is 186 g/mol. The number of carbonyl (C=O) groups is 1. The van der Waals surface area contributed by atoms with Gasteiger partial charge < -0.3 is 5.32 Å². The number of carbonyl (C=O) groups excluding carboxylic acids is 1. The van der Waals surface area contributed by atoms with E-state index in [0.29, 0.717) is 6.04 Å². The standard InChI is InChI=1S/C13H21NO/c1-13(2,3)12(15)14-11-5-7-4-10(11)9-6-8(7)9/h7-11H,4-6H2,1-3H3,(H,14,15)/t7-,8+,9-,10+,11-/m1/s1. The molecule has 0 aliphatic heterocycles. The van der Waals surface area contributed by atoms with Gasteiger partial charge in [-0.25, -0.2) is 0 Å². The Balaban J connectivity index is 1.64. The van der Waals surface area contributed by atoms with Crippen LogP contribution in [0.2, 0.25) is 0 Å². The Bertz CT molecular complexity index is 304. The monoisotopic (exact) mass is 207 g/mol. The van der Waals surface area contributed by atoms with Crippen LogP contribution >= 0.6 is 0 Å². The summed E-state index contributed by atoms with van der Waals surface area (Å²) in [6, 6.07) is 0.505. The second-order valence-corrected chi connectivity index (χ2v) is 6.79. The molecule has 0 saturated heterocycles. The molecule has 3 rings (SSSR count). The van der Waals surface area contributed by atoms with Gasteiger partial charge in [-0.2, -0.15) is 0 Å². The number of nitrogens with one attached hydrogen (secondary N) is 1. The Hall–Kier alpha value is -0.530. The molecule has 2 bridgehead atoms. The number of fused-ring (bicyclic) bond motifs is 5. The lowest BCUT2D eigenvalue weighted by Gasteiger charge is -2.27. The third-order valence-electron chi connectivity index (χ3n) is 4.69. The molecule has 0 unspecified atom stereocenters. The van der Waals surface area contributed by atoms with Crippen molar-refractivity contribution in [3.05, 3.63) is 0 Å². The molecule has 0 aromatic rings. The summed E-state index contributed by atoms with van der Waals surface area (Å²) < 4.78 is 0. The largest absolute Gasteiger partial charge is 0.353 e. The fraction of sp³-hybridized carbons (Fsp3) is 0.923. The van der Waals surface area contributed by atoms with E-state index in [0.717, 1.165) is 23.7 Å². The first-order chi connectivity index (χ1) is 6.97. The minimum absolute atomic E-state index is 0.231. The van der Waals surface area contributed by atoms with Crippen molar-refractivity contribution in [3.63, 3.8) is 0 Å². The zero-order valence-electron chi connectivity index (χ0n) is 9.92. The molecule has 0 aromatic carbocycles. The molecule has 3 aliphatic rings. The van der Waals surface area contributed by atoms with Crippen LogP contribution in [-0.2, 0) is 4.79 Å². The fourth-order valence-electron chi connectivity index (χ4n) is 3.75. The first-order valence-electron chi connectivity index (χ1n) is 6.28. The lowest BCUT2D eigenvalue weighted by molar-refractivity contribution is -0.129. The van der Waals surface area contributed by atoms with Crippen molar-refractivity contribution >= 4 is 5.91 Å². The minimum atomic E-state index is -0.231. The van der Waals surface area contributed by atoms with Gasteiger partial charge in [0.25, 0.3) is 0 Å². The van der Waals surface area contributed by atoms with Crippen molar-refractivity contribution in [2.45, 2.75) is 46.1 Å². The summed E-state index contributed by atoms with van der Waals surface area (Å²) in [5.74, 6) is 4.04. The van der Waals surface area contributed by atoms with Gasteiger partial charge in [0.15, 0.2) is 0 Å². The molecule has 0 aromatic heterocycles. The van der Waals surface area contributed by atoms with Gasteiger partial charge in [-0.1, -0.05) is 20.8 Å². The predicted molar refractivity (Wildman–Crippen MR) is 59.2 cm³/mol. The molecule has 2 nitrogen and oxygen atoms in total. The van der Waals surface area contributed by atoms with Crippen molar-refractivity contribution in [2.24, 2.45) is 29.1 Å². The van der Waals surface area contributed by atoms with Gasteiger partial charge in [0, 0.05) is 11.5 Å². The normalized spacial score (nSPS) is 46.5. The van der Waals surface area contributed by atoms with Gasteiger partial charge in [0.05, 0.1) is 0 Å². The summed E-state index contributed by atoms with van der Waals surface area (Å²) >= 11 is 0. The summed E-state index contributed by atoms with van der Waals surface area (Å²) in [4.78, 5) is 11.9. The second-order valence-electron chi connectivity index (χ2n) is 6.79. The molecule has 0 spiro atoms. The first-order valence-corrected chi connectivity index (χ1v) is 6.28. The van der Waals surface area contributed by atoms with Crippen LogP contribution in [0.5, 0.6) is 0 Å². The molecule has 1 N–H and O–H groups in total. The topological polar surface area (TPSA) is 29.1 Å². The van der Waals surface area contributed by atoms with Crippen molar-refractivity contribution in [1.82, 2.24) is 5.32 Å². The van der Waals surface area contributed by atoms with E-state index in [9.17, 15) is 4.79 Å². The van der Waals surface area contributed by atoms with Crippen LogP contribution in [0.4, 0.5) is 0 Å². The molecule has 15 heavy (non-hydrogen) atoms. The molecule has 3 fully saturated rings. The summed E-state index contributed by atoms with van der Waals surface area (Å²) in [5, 5.41) is 3.27. The first kappa shape index (κ1) is 9.68. The Morgan fingerprint density at radius 1 is 1.07 bits per heavy atom. The van der Waals surface area contributed by atoms with E-state index in [-0.39, 0.29) is 11.3 Å². The van der Waals surface area contributed by atoms with Crippen molar-refractivity contribution in [2.75, 3.05) is 0 Å². The molecular formula is C13H21NO. The molecule has 3 aliphatic carbocycles. The molecule has 0 heterocycles. The van der Waals surface area contributed by atoms with Gasteiger partial charge in [-0.3, -0.25) is 4.79 Å². The zero-order valence-corrected chi connectivity index (χ0v) is 9.92. The van der Waals surface area contributed by atoms with E-state index in [1.54, 1.807) is 0 Å². The quantitative estimate of drug-likeness (QED) is 0.701. The highest BCUT2D eigenvalue weighted by molar-refractivity contribution is 5.81. The summed E-state index contributed by atoms with van der Waals surface area (Å²) in [6.07, 6.45) is 4.11. The highest BCUT2D eigenvalue weighted by Crippen LogP contribution is 2.65. The minimum Gasteiger partial charge on any atom is -0.353 e. The third-order valence-corrected chi connectivity index (χ3v) is 4.69. The summed E-state index contributed by atoms with van der Waals surface area (Å²) in [5.41, 5.74) is -0.231. The smallest absolute Gasteiger partial charge is 0.225 e. The van der Waals surface area contributed by atoms with Crippen LogP contribution in [0, 0.1) is 29.1 Å². The van der Waals surface area contributed by atoms with Crippen molar-refractivity contribution in [3.8, 4) is 0 Å². The average Bonchev–Trinajstić information content (AvgIpc) is 2.74. The van der Waals surface area contributed by atoms with Gasteiger partial charge in [-0.15, -0.1) is 0 Å². The molecule has 84 valence electrons. The van der Waals surface area contributed by atoms with E-state index in [2.05, 4.69) is 5.32 Å². The van der Waals surface area contributed by atoms with E-state index in [1.807, 2.05) is 20.8 Å². The molecule has 0 radical (unpaired) electrons. The van der Waals surface area contributed by atoms with E-state index < -0.39 is 0 Å².